The maximum atomic E-state index is 5.98. The number of benzene rings is 1. The minimum absolute atomic E-state index is 0.0648. The Hall–Kier alpha value is -0.600. The summed E-state index contributed by atoms with van der Waals surface area (Å²) >= 11 is 3.48. The molecule has 1 rings (SSSR count). The van der Waals surface area contributed by atoms with E-state index >= 15 is 0 Å². The third-order valence-corrected chi connectivity index (χ3v) is 2.99. The SMILES string of the molecule is C=CCC(N)c1cccc(Br)c1C. The molecule has 2 N–H and O–H groups in total. The van der Waals surface area contributed by atoms with Crippen LogP contribution in [-0.2, 0) is 0 Å². The van der Waals surface area contributed by atoms with Crippen molar-refractivity contribution in [3.63, 3.8) is 0 Å². The molecule has 0 bridgehead atoms. The fourth-order valence-corrected chi connectivity index (χ4v) is 1.71. The maximum absolute atomic E-state index is 5.98. The average Bonchev–Trinajstić information content (AvgIpc) is 2.10. The zero-order valence-electron chi connectivity index (χ0n) is 7.76. The van der Waals surface area contributed by atoms with Gasteiger partial charge in [-0.3, -0.25) is 0 Å². The highest BCUT2D eigenvalue weighted by molar-refractivity contribution is 9.10. The third-order valence-electron chi connectivity index (χ3n) is 2.13. The molecule has 1 atom stereocenters. The normalized spacial score (nSPS) is 12.5. The van der Waals surface area contributed by atoms with Crippen molar-refractivity contribution in [3.05, 3.63) is 46.5 Å². The maximum Gasteiger partial charge on any atom is 0.0332 e. The van der Waals surface area contributed by atoms with Gasteiger partial charge in [0.25, 0.3) is 0 Å². The molecular formula is C11H14BrN. The van der Waals surface area contributed by atoms with Gasteiger partial charge in [0.15, 0.2) is 0 Å². The summed E-state index contributed by atoms with van der Waals surface area (Å²) in [6, 6.07) is 6.17. The van der Waals surface area contributed by atoms with E-state index in [1.165, 1.54) is 11.1 Å². The predicted molar refractivity (Wildman–Crippen MR) is 60.6 cm³/mol. The van der Waals surface area contributed by atoms with Crippen molar-refractivity contribution in [1.29, 1.82) is 0 Å². The van der Waals surface area contributed by atoms with E-state index in [-0.39, 0.29) is 6.04 Å². The molecule has 0 aliphatic heterocycles. The molecule has 0 spiro atoms. The van der Waals surface area contributed by atoms with Gasteiger partial charge in [-0.25, -0.2) is 0 Å². The summed E-state index contributed by atoms with van der Waals surface area (Å²) in [5, 5.41) is 0. The number of rotatable bonds is 3. The van der Waals surface area contributed by atoms with Crippen LogP contribution in [0, 0.1) is 6.92 Å². The second kappa shape index (κ2) is 4.58. The number of nitrogens with two attached hydrogens (primary N) is 1. The molecule has 1 unspecified atom stereocenters. The van der Waals surface area contributed by atoms with E-state index < -0.39 is 0 Å². The van der Waals surface area contributed by atoms with Crippen LogP contribution in [0.25, 0.3) is 0 Å². The lowest BCUT2D eigenvalue weighted by atomic mass is 10.00. The Kier molecular flexibility index (Phi) is 3.70. The molecule has 0 aromatic heterocycles. The Morgan fingerprint density at radius 3 is 2.92 bits per heavy atom. The summed E-state index contributed by atoms with van der Waals surface area (Å²) in [6.45, 7) is 5.76. The number of hydrogen-bond acceptors (Lipinski definition) is 1. The van der Waals surface area contributed by atoms with Crippen LogP contribution in [0.1, 0.15) is 23.6 Å². The average molecular weight is 240 g/mol. The van der Waals surface area contributed by atoms with Crippen molar-refractivity contribution in [1.82, 2.24) is 0 Å². The van der Waals surface area contributed by atoms with Gasteiger partial charge in [0.05, 0.1) is 0 Å². The Labute approximate surface area is 87.8 Å². The highest BCUT2D eigenvalue weighted by Crippen LogP contribution is 2.24. The molecule has 1 aromatic rings. The van der Waals surface area contributed by atoms with E-state index in [0.29, 0.717) is 0 Å². The topological polar surface area (TPSA) is 26.0 Å². The Morgan fingerprint density at radius 1 is 1.62 bits per heavy atom. The zero-order chi connectivity index (χ0) is 9.84. The van der Waals surface area contributed by atoms with Crippen molar-refractivity contribution < 1.29 is 0 Å². The van der Waals surface area contributed by atoms with Crippen molar-refractivity contribution in [2.45, 2.75) is 19.4 Å². The molecule has 0 saturated heterocycles. The summed E-state index contributed by atoms with van der Waals surface area (Å²) < 4.78 is 1.12. The van der Waals surface area contributed by atoms with E-state index in [9.17, 15) is 0 Å². The van der Waals surface area contributed by atoms with Gasteiger partial charge in [-0.1, -0.05) is 34.1 Å². The molecule has 0 aliphatic rings. The first kappa shape index (κ1) is 10.5. The van der Waals surface area contributed by atoms with Gasteiger partial charge in [-0.2, -0.15) is 0 Å². The second-order valence-corrected chi connectivity index (χ2v) is 3.94. The highest BCUT2D eigenvalue weighted by atomic mass is 79.9. The van der Waals surface area contributed by atoms with Crippen LogP contribution in [0.3, 0.4) is 0 Å². The zero-order valence-corrected chi connectivity index (χ0v) is 9.34. The van der Waals surface area contributed by atoms with E-state index in [1.807, 2.05) is 18.2 Å². The van der Waals surface area contributed by atoms with Crippen molar-refractivity contribution in [2.75, 3.05) is 0 Å². The lowest BCUT2D eigenvalue weighted by Crippen LogP contribution is -2.10. The quantitative estimate of drug-likeness (QED) is 0.805. The molecule has 2 heteroatoms. The van der Waals surface area contributed by atoms with Gasteiger partial charge >= 0.3 is 0 Å². The van der Waals surface area contributed by atoms with Crippen LogP contribution in [0.5, 0.6) is 0 Å². The first-order valence-corrected chi connectivity index (χ1v) is 5.07. The van der Waals surface area contributed by atoms with Crippen LogP contribution in [-0.4, -0.2) is 0 Å². The Bertz CT molecular complexity index is 307. The van der Waals surface area contributed by atoms with Crippen LogP contribution >= 0.6 is 15.9 Å². The molecular weight excluding hydrogens is 226 g/mol. The lowest BCUT2D eigenvalue weighted by molar-refractivity contribution is 0.735. The highest BCUT2D eigenvalue weighted by Gasteiger charge is 2.08. The first-order valence-electron chi connectivity index (χ1n) is 4.28. The summed E-state index contributed by atoms with van der Waals surface area (Å²) in [5.74, 6) is 0. The monoisotopic (exact) mass is 239 g/mol. The molecule has 0 aliphatic carbocycles. The van der Waals surface area contributed by atoms with Crippen LogP contribution in [0.15, 0.2) is 35.3 Å². The fourth-order valence-electron chi connectivity index (χ4n) is 1.33. The molecule has 13 heavy (non-hydrogen) atoms. The van der Waals surface area contributed by atoms with E-state index in [4.69, 9.17) is 5.73 Å². The molecule has 1 nitrogen and oxygen atoms in total. The summed E-state index contributed by atoms with van der Waals surface area (Å²) in [6.07, 6.45) is 2.67. The van der Waals surface area contributed by atoms with Crippen LogP contribution in [0.2, 0.25) is 0 Å². The minimum atomic E-state index is 0.0648. The summed E-state index contributed by atoms with van der Waals surface area (Å²) in [5.41, 5.74) is 8.39. The van der Waals surface area contributed by atoms with Gasteiger partial charge in [0, 0.05) is 10.5 Å². The van der Waals surface area contributed by atoms with Crippen molar-refractivity contribution in [2.24, 2.45) is 5.73 Å². The first-order chi connectivity index (χ1) is 6.16. The second-order valence-electron chi connectivity index (χ2n) is 3.08. The molecule has 1 aromatic carbocycles. The van der Waals surface area contributed by atoms with Gasteiger partial charge in [-0.15, -0.1) is 6.58 Å². The van der Waals surface area contributed by atoms with Gasteiger partial charge in [-0.05, 0) is 30.5 Å². The van der Waals surface area contributed by atoms with Gasteiger partial charge in [0.2, 0.25) is 0 Å². The predicted octanol–water partition coefficient (Wildman–Crippen LogP) is 3.33. The Balaban J connectivity index is 3.00. The van der Waals surface area contributed by atoms with Crippen molar-refractivity contribution >= 4 is 15.9 Å². The van der Waals surface area contributed by atoms with E-state index in [2.05, 4.69) is 35.5 Å². The summed E-state index contributed by atoms with van der Waals surface area (Å²) in [7, 11) is 0. The molecule has 0 fully saturated rings. The van der Waals surface area contributed by atoms with Crippen LogP contribution in [0.4, 0.5) is 0 Å². The Morgan fingerprint density at radius 2 is 2.31 bits per heavy atom. The molecule has 0 saturated carbocycles. The van der Waals surface area contributed by atoms with E-state index in [1.54, 1.807) is 0 Å². The number of hydrogen-bond donors (Lipinski definition) is 1. The minimum Gasteiger partial charge on any atom is -0.324 e. The van der Waals surface area contributed by atoms with Gasteiger partial charge < -0.3 is 5.73 Å². The van der Waals surface area contributed by atoms with Crippen LogP contribution < -0.4 is 5.73 Å². The lowest BCUT2D eigenvalue weighted by Gasteiger charge is -2.13. The standard InChI is InChI=1S/C11H14BrN/c1-3-5-11(13)9-6-4-7-10(12)8(9)2/h3-4,6-7,11H,1,5,13H2,2H3. The summed E-state index contributed by atoms with van der Waals surface area (Å²) in [4.78, 5) is 0. The smallest absolute Gasteiger partial charge is 0.0332 e. The third kappa shape index (κ3) is 2.42. The fraction of sp³-hybridized carbons (Fsp3) is 0.273. The van der Waals surface area contributed by atoms with Crippen molar-refractivity contribution in [3.8, 4) is 0 Å². The largest absolute Gasteiger partial charge is 0.324 e. The molecule has 0 amide bonds. The molecule has 0 radical (unpaired) electrons. The van der Waals surface area contributed by atoms with E-state index in [0.717, 1.165) is 10.9 Å². The molecule has 70 valence electrons. The number of halogens is 1. The molecule has 0 heterocycles. The van der Waals surface area contributed by atoms with Gasteiger partial charge in [0.1, 0.15) is 0 Å².